The van der Waals surface area contributed by atoms with Gasteiger partial charge in [-0.25, -0.2) is 4.79 Å². The maximum Gasteiger partial charge on any atom is 0.335 e. The van der Waals surface area contributed by atoms with Crippen LogP contribution in [0.15, 0.2) is 42.5 Å². The standard InChI is InChI=1S/C13H8ClNO4/c14-11-4-2-1-3-9(11)10-6-5-8(13(16)17)7-12(10)15(18)19/h1-7H,(H,16,17). The minimum absolute atomic E-state index is 0.137. The highest BCUT2D eigenvalue weighted by atomic mass is 35.5. The fourth-order valence-electron chi connectivity index (χ4n) is 1.72. The van der Waals surface area contributed by atoms with Crippen LogP contribution in [0.1, 0.15) is 10.4 Å². The van der Waals surface area contributed by atoms with E-state index < -0.39 is 10.9 Å². The van der Waals surface area contributed by atoms with E-state index in [0.717, 1.165) is 6.07 Å². The van der Waals surface area contributed by atoms with Gasteiger partial charge in [-0.05, 0) is 18.2 Å². The number of rotatable bonds is 3. The number of carboxylic acids is 1. The summed E-state index contributed by atoms with van der Waals surface area (Å²) in [6.45, 7) is 0. The highest BCUT2D eigenvalue weighted by Gasteiger charge is 2.19. The maximum atomic E-state index is 11.1. The zero-order chi connectivity index (χ0) is 14.0. The number of hydrogen-bond acceptors (Lipinski definition) is 3. The second kappa shape index (κ2) is 5.07. The Morgan fingerprint density at radius 3 is 2.42 bits per heavy atom. The Labute approximate surface area is 113 Å². The van der Waals surface area contributed by atoms with Crippen molar-refractivity contribution in [3.63, 3.8) is 0 Å². The van der Waals surface area contributed by atoms with Gasteiger partial charge in [0.1, 0.15) is 0 Å². The summed E-state index contributed by atoms with van der Waals surface area (Å²) >= 11 is 6.00. The van der Waals surface area contributed by atoms with Crippen LogP contribution in [0.2, 0.25) is 5.02 Å². The van der Waals surface area contributed by atoms with Crippen molar-refractivity contribution in [2.24, 2.45) is 0 Å². The van der Waals surface area contributed by atoms with Gasteiger partial charge in [-0.1, -0.05) is 29.8 Å². The van der Waals surface area contributed by atoms with Gasteiger partial charge in [-0.2, -0.15) is 0 Å². The van der Waals surface area contributed by atoms with Crippen molar-refractivity contribution >= 4 is 23.3 Å². The van der Waals surface area contributed by atoms with E-state index in [9.17, 15) is 14.9 Å². The van der Waals surface area contributed by atoms with Crippen molar-refractivity contribution in [1.29, 1.82) is 0 Å². The molecule has 0 aliphatic carbocycles. The Hall–Kier alpha value is -2.40. The van der Waals surface area contributed by atoms with E-state index in [4.69, 9.17) is 16.7 Å². The van der Waals surface area contributed by atoms with Gasteiger partial charge in [-0.15, -0.1) is 0 Å². The molecule has 0 atom stereocenters. The number of halogens is 1. The maximum absolute atomic E-state index is 11.1. The van der Waals surface area contributed by atoms with E-state index in [1.165, 1.54) is 12.1 Å². The zero-order valence-electron chi connectivity index (χ0n) is 9.54. The van der Waals surface area contributed by atoms with Crippen molar-refractivity contribution < 1.29 is 14.8 Å². The first-order valence-electron chi connectivity index (χ1n) is 5.27. The van der Waals surface area contributed by atoms with Crippen LogP contribution >= 0.6 is 11.6 Å². The third-order valence-electron chi connectivity index (χ3n) is 2.61. The second-order valence-electron chi connectivity index (χ2n) is 3.77. The summed E-state index contributed by atoms with van der Waals surface area (Å²) in [5, 5.41) is 20.3. The minimum Gasteiger partial charge on any atom is -0.478 e. The summed E-state index contributed by atoms with van der Waals surface area (Å²) in [7, 11) is 0. The van der Waals surface area contributed by atoms with Gasteiger partial charge in [0.2, 0.25) is 0 Å². The van der Waals surface area contributed by atoms with Crippen molar-refractivity contribution in [2.75, 3.05) is 0 Å². The number of aromatic carboxylic acids is 1. The molecule has 0 radical (unpaired) electrons. The first-order valence-corrected chi connectivity index (χ1v) is 5.65. The first-order chi connectivity index (χ1) is 9.00. The number of nitrogens with zero attached hydrogens (tertiary/aromatic N) is 1. The summed E-state index contributed by atoms with van der Waals surface area (Å²) in [6.07, 6.45) is 0. The topological polar surface area (TPSA) is 80.4 Å². The Bertz CT molecular complexity index is 669. The third kappa shape index (κ3) is 2.56. The smallest absolute Gasteiger partial charge is 0.335 e. The molecule has 0 heterocycles. The van der Waals surface area contributed by atoms with Crippen molar-refractivity contribution in [1.82, 2.24) is 0 Å². The molecular formula is C13H8ClNO4. The molecule has 0 aliphatic heterocycles. The van der Waals surface area contributed by atoms with Crippen LogP contribution in [0.25, 0.3) is 11.1 Å². The SMILES string of the molecule is O=C(O)c1ccc(-c2ccccc2Cl)c([N+](=O)[O-])c1. The van der Waals surface area contributed by atoms with E-state index in [2.05, 4.69) is 0 Å². The molecule has 0 fully saturated rings. The van der Waals surface area contributed by atoms with Gasteiger partial charge < -0.3 is 5.11 Å². The molecule has 0 bridgehead atoms. The molecule has 0 spiro atoms. The van der Waals surface area contributed by atoms with E-state index in [1.807, 2.05) is 0 Å². The lowest BCUT2D eigenvalue weighted by molar-refractivity contribution is -0.384. The zero-order valence-corrected chi connectivity index (χ0v) is 10.3. The highest BCUT2D eigenvalue weighted by Crippen LogP contribution is 2.35. The molecular weight excluding hydrogens is 270 g/mol. The number of nitro benzene ring substituents is 1. The molecule has 0 unspecified atom stereocenters. The van der Waals surface area contributed by atoms with Gasteiger partial charge >= 0.3 is 5.97 Å². The van der Waals surface area contributed by atoms with Crippen LogP contribution in [0, 0.1) is 10.1 Å². The Morgan fingerprint density at radius 1 is 1.16 bits per heavy atom. The fourth-order valence-corrected chi connectivity index (χ4v) is 1.96. The second-order valence-corrected chi connectivity index (χ2v) is 4.18. The van der Waals surface area contributed by atoms with E-state index in [0.29, 0.717) is 16.1 Å². The monoisotopic (exact) mass is 277 g/mol. The molecule has 5 nitrogen and oxygen atoms in total. The molecule has 1 N–H and O–H groups in total. The molecule has 2 rings (SSSR count). The Morgan fingerprint density at radius 2 is 1.84 bits per heavy atom. The lowest BCUT2D eigenvalue weighted by atomic mass is 10.0. The molecule has 0 saturated carbocycles. The fraction of sp³-hybridized carbons (Fsp3) is 0. The summed E-state index contributed by atoms with van der Waals surface area (Å²) in [5.74, 6) is -1.21. The van der Waals surface area contributed by atoms with Crippen LogP contribution in [-0.4, -0.2) is 16.0 Å². The third-order valence-corrected chi connectivity index (χ3v) is 2.93. The van der Waals surface area contributed by atoms with Crippen LogP contribution in [0.4, 0.5) is 5.69 Å². The summed E-state index contributed by atoms with van der Waals surface area (Å²) in [4.78, 5) is 21.3. The largest absolute Gasteiger partial charge is 0.478 e. The number of carbonyl (C=O) groups is 1. The molecule has 2 aromatic rings. The lowest BCUT2D eigenvalue weighted by Crippen LogP contribution is -1.99. The minimum atomic E-state index is -1.21. The van der Waals surface area contributed by atoms with Crippen molar-refractivity contribution in [2.45, 2.75) is 0 Å². The summed E-state index contributed by atoms with van der Waals surface area (Å²) in [5.41, 5.74) is 0.365. The van der Waals surface area contributed by atoms with E-state index >= 15 is 0 Å². The van der Waals surface area contributed by atoms with Gasteiger partial charge in [0.05, 0.1) is 16.1 Å². The average Bonchev–Trinajstić information content (AvgIpc) is 2.38. The molecule has 6 heteroatoms. The number of benzene rings is 2. The first kappa shape index (κ1) is 13.0. The van der Waals surface area contributed by atoms with Gasteiger partial charge in [0.15, 0.2) is 0 Å². The van der Waals surface area contributed by atoms with Crippen LogP contribution < -0.4 is 0 Å². The lowest BCUT2D eigenvalue weighted by Gasteiger charge is -2.06. The molecule has 96 valence electrons. The van der Waals surface area contributed by atoms with E-state index in [-0.39, 0.29) is 11.3 Å². The Balaban J connectivity index is 2.67. The quantitative estimate of drug-likeness (QED) is 0.686. The average molecular weight is 278 g/mol. The predicted molar refractivity (Wildman–Crippen MR) is 70.5 cm³/mol. The summed E-state index contributed by atoms with van der Waals surface area (Å²) < 4.78 is 0. The van der Waals surface area contributed by atoms with Gasteiger partial charge in [0.25, 0.3) is 5.69 Å². The normalized spacial score (nSPS) is 10.2. The summed E-state index contributed by atoms with van der Waals surface area (Å²) in [6, 6.07) is 10.4. The molecule has 2 aromatic carbocycles. The number of carboxylic acid groups (broad SMARTS) is 1. The van der Waals surface area contributed by atoms with Crippen LogP contribution in [-0.2, 0) is 0 Å². The van der Waals surface area contributed by atoms with Crippen LogP contribution in [0.3, 0.4) is 0 Å². The molecule has 19 heavy (non-hydrogen) atoms. The van der Waals surface area contributed by atoms with Crippen molar-refractivity contribution in [3.05, 3.63) is 63.2 Å². The number of nitro groups is 1. The Kier molecular flexibility index (Phi) is 3.48. The van der Waals surface area contributed by atoms with Crippen molar-refractivity contribution in [3.8, 4) is 11.1 Å². The van der Waals surface area contributed by atoms with Gasteiger partial charge in [-0.3, -0.25) is 10.1 Å². The molecule has 0 amide bonds. The van der Waals surface area contributed by atoms with Gasteiger partial charge in [0, 0.05) is 16.7 Å². The molecule has 0 aromatic heterocycles. The molecule has 0 aliphatic rings. The predicted octanol–water partition coefficient (Wildman–Crippen LogP) is 3.61. The van der Waals surface area contributed by atoms with E-state index in [1.54, 1.807) is 24.3 Å². The number of hydrogen-bond donors (Lipinski definition) is 1. The van der Waals surface area contributed by atoms with Crippen LogP contribution in [0.5, 0.6) is 0 Å². The molecule has 0 saturated heterocycles. The highest BCUT2D eigenvalue weighted by molar-refractivity contribution is 6.33.